The Hall–Kier alpha value is -0.740. The largest absolute Gasteiger partial charge is 0.428 e. The molecule has 0 N–H and O–H groups in total. The van der Waals surface area contributed by atoms with Crippen LogP contribution >= 0.6 is 0 Å². The number of halogens is 10. The fourth-order valence-corrected chi connectivity index (χ4v) is 0.644. The van der Waals surface area contributed by atoms with E-state index in [0.717, 1.165) is 0 Å². The molecule has 0 bridgehead atoms. The first-order chi connectivity index (χ1) is 7.26. The molecule has 17 heavy (non-hydrogen) atoms. The quantitative estimate of drug-likeness (QED) is 0.714. The third-order valence-electron chi connectivity index (χ3n) is 1.26. The van der Waals surface area contributed by atoms with Crippen molar-refractivity contribution in [3.8, 4) is 0 Å². The first-order valence-electron chi connectivity index (χ1n) is 3.73. The molecule has 0 heterocycles. The van der Waals surface area contributed by atoms with Crippen molar-refractivity contribution in [1.82, 2.24) is 0 Å². The van der Waals surface area contributed by atoms with Gasteiger partial charge in [0.1, 0.15) is 0 Å². The summed E-state index contributed by atoms with van der Waals surface area (Å²) in [7, 11) is 0. The Balaban J connectivity index is 4.55. The van der Waals surface area contributed by atoms with E-state index in [0.29, 0.717) is 0 Å². The van der Waals surface area contributed by atoms with Crippen molar-refractivity contribution in [3.05, 3.63) is 0 Å². The van der Waals surface area contributed by atoms with Crippen LogP contribution in [0, 0.1) is 0 Å². The molecule has 0 aliphatic carbocycles. The molecule has 0 saturated carbocycles. The molecule has 0 fully saturated rings. The van der Waals surface area contributed by atoms with Crippen LogP contribution in [0.5, 0.6) is 0 Å². The zero-order chi connectivity index (χ0) is 14.1. The molecule has 104 valence electrons. The van der Waals surface area contributed by atoms with Gasteiger partial charge >= 0.3 is 18.5 Å². The number of hydrogen-bond acceptors (Lipinski definition) is 1. The van der Waals surface area contributed by atoms with E-state index in [4.69, 9.17) is 0 Å². The Labute approximate surface area is 87.3 Å². The molecule has 11 heteroatoms. The van der Waals surface area contributed by atoms with E-state index in [1.165, 1.54) is 0 Å². The first-order valence-corrected chi connectivity index (χ1v) is 3.73. The summed E-state index contributed by atoms with van der Waals surface area (Å²) in [4.78, 5) is 0. The number of ether oxygens (including phenoxy) is 1. The van der Waals surface area contributed by atoms with E-state index in [1.54, 1.807) is 0 Å². The Morgan fingerprint density at radius 3 is 1.53 bits per heavy atom. The normalized spacial score (nSPS) is 18.0. The standard InChI is InChI=1S/C6H4F10O/c7-2(1-4(9,10)11)17-6(15,16)3(8)5(12,13)14/h2-3H,1H2. The Morgan fingerprint density at radius 1 is 0.824 bits per heavy atom. The summed E-state index contributed by atoms with van der Waals surface area (Å²) in [5.74, 6) is 0. The predicted molar refractivity (Wildman–Crippen MR) is 32.6 cm³/mol. The number of alkyl halides is 10. The minimum absolute atomic E-state index is 2.49. The lowest BCUT2D eigenvalue weighted by atomic mass is 10.3. The van der Waals surface area contributed by atoms with Crippen LogP contribution in [0.4, 0.5) is 43.9 Å². The van der Waals surface area contributed by atoms with E-state index in [9.17, 15) is 43.9 Å². The lowest BCUT2D eigenvalue weighted by Crippen LogP contribution is -2.45. The van der Waals surface area contributed by atoms with Gasteiger partial charge in [0, 0.05) is 0 Å². The van der Waals surface area contributed by atoms with Gasteiger partial charge in [-0.3, -0.25) is 4.74 Å². The Bertz CT molecular complexity index is 242. The van der Waals surface area contributed by atoms with Gasteiger partial charge in [0.25, 0.3) is 6.17 Å². The number of hydrogen-bond donors (Lipinski definition) is 0. The summed E-state index contributed by atoms with van der Waals surface area (Å²) in [6, 6.07) is 0. The summed E-state index contributed by atoms with van der Waals surface area (Å²) in [5, 5.41) is 0. The summed E-state index contributed by atoms with van der Waals surface area (Å²) >= 11 is 0. The molecule has 0 aliphatic rings. The highest BCUT2D eigenvalue weighted by Crippen LogP contribution is 2.37. The molecule has 0 spiro atoms. The van der Waals surface area contributed by atoms with E-state index in [2.05, 4.69) is 4.74 Å². The van der Waals surface area contributed by atoms with E-state index in [-0.39, 0.29) is 0 Å². The molecule has 1 nitrogen and oxygen atoms in total. The van der Waals surface area contributed by atoms with E-state index in [1.807, 2.05) is 0 Å². The van der Waals surface area contributed by atoms with Gasteiger partial charge in [-0.25, -0.2) is 8.78 Å². The molecule has 0 radical (unpaired) electrons. The van der Waals surface area contributed by atoms with Crippen molar-refractivity contribution in [3.63, 3.8) is 0 Å². The van der Waals surface area contributed by atoms with Crippen molar-refractivity contribution in [2.24, 2.45) is 0 Å². The highest BCUT2D eigenvalue weighted by molar-refractivity contribution is 4.76. The van der Waals surface area contributed by atoms with Gasteiger partial charge in [-0.2, -0.15) is 35.1 Å². The lowest BCUT2D eigenvalue weighted by Gasteiger charge is -2.24. The summed E-state index contributed by atoms with van der Waals surface area (Å²) in [5.41, 5.74) is 0. The summed E-state index contributed by atoms with van der Waals surface area (Å²) in [6.45, 7) is 0. The van der Waals surface area contributed by atoms with Gasteiger partial charge in [-0.1, -0.05) is 0 Å². The fraction of sp³-hybridized carbons (Fsp3) is 1.00. The maximum atomic E-state index is 12.2. The van der Waals surface area contributed by atoms with Crippen LogP contribution in [-0.4, -0.2) is 31.0 Å². The van der Waals surface area contributed by atoms with Crippen LogP contribution in [0.15, 0.2) is 0 Å². The highest BCUT2D eigenvalue weighted by Gasteiger charge is 2.59. The topological polar surface area (TPSA) is 9.23 Å². The monoisotopic (exact) mass is 282 g/mol. The third-order valence-corrected chi connectivity index (χ3v) is 1.26. The van der Waals surface area contributed by atoms with Gasteiger partial charge in [-0.05, 0) is 0 Å². The van der Waals surface area contributed by atoms with Crippen LogP contribution in [0.1, 0.15) is 6.42 Å². The van der Waals surface area contributed by atoms with E-state index >= 15 is 0 Å². The first kappa shape index (κ1) is 16.3. The summed E-state index contributed by atoms with van der Waals surface area (Å²) in [6.07, 6.45) is -28.4. The molecule has 0 saturated heterocycles. The second-order valence-electron chi connectivity index (χ2n) is 2.81. The fourth-order valence-electron chi connectivity index (χ4n) is 0.644. The predicted octanol–water partition coefficient (Wildman–Crippen LogP) is 3.74. The third kappa shape index (κ3) is 5.94. The zero-order valence-corrected chi connectivity index (χ0v) is 7.55. The Morgan fingerprint density at radius 2 is 1.24 bits per heavy atom. The van der Waals surface area contributed by atoms with Crippen molar-refractivity contribution >= 4 is 0 Å². The van der Waals surface area contributed by atoms with Crippen LogP contribution in [-0.2, 0) is 4.74 Å². The minimum Gasteiger partial charge on any atom is -0.283 e. The van der Waals surface area contributed by atoms with E-state index < -0.39 is 37.4 Å². The molecule has 0 amide bonds. The Kier molecular flexibility index (Phi) is 4.65. The molecule has 0 aromatic carbocycles. The summed E-state index contributed by atoms with van der Waals surface area (Å²) < 4.78 is 120. The van der Waals surface area contributed by atoms with Crippen molar-refractivity contribution in [1.29, 1.82) is 0 Å². The van der Waals surface area contributed by atoms with Gasteiger partial charge in [0.15, 0.2) is 0 Å². The molecule has 0 rings (SSSR count). The molecule has 0 aromatic rings. The lowest BCUT2D eigenvalue weighted by molar-refractivity contribution is -0.367. The zero-order valence-electron chi connectivity index (χ0n) is 7.55. The van der Waals surface area contributed by atoms with Gasteiger partial charge in [0.2, 0.25) is 6.36 Å². The SMILES string of the molecule is FC(CC(F)(F)F)OC(F)(F)C(F)C(F)(F)F. The van der Waals surface area contributed by atoms with Gasteiger partial charge in [-0.15, -0.1) is 0 Å². The smallest absolute Gasteiger partial charge is 0.283 e. The molecular weight excluding hydrogens is 278 g/mol. The molecule has 2 atom stereocenters. The minimum atomic E-state index is -6.08. The van der Waals surface area contributed by atoms with Crippen molar-refractivity contribution in [2.75, 3.05) is 0 Å². The average Bonchev–Trinajstić information content (AvgIpc) is 1.95. The molecule has 2 unspecified atom stereocenters. The van der Waals surface area contributed by atoms with Gasteiger partial charge < -0.3 is 0 Å². The van der Waals surface area contributed by atoms with Crippen LogP contribution in [0.3, 0.4) is 0 Å². The molecular formula is C6H4F10O. The van der Waals surface area contributed by atoms with Crippen LogP contribution in [0.2, 0.25) is 0 Å². The number of rotatable bonds is 4. The van der Waals surface area contributed by atoms with Crippen molar-refractivity contribution < 1.29 is 48.6 Å². The second-order valence-corrected chi connectivity index (χ2v) is 2.81. The second kappa shape index (κ2) is 4.86. The van der Waals surface area contributed by atoms with Crippen molar-refractivity contribution in [2.45, 2.75) is 37.4 Å². The molecule has 0 aliphatic heterocycles. The van der Waals surface area contributed by atoms with Gasteiger partial charge in [0.05, 0.1) is 6.42 Å². The van der Waals surface area contributed by atoms with Crippen LogP contribution in [0.25, 0.3) is 0 Å². The maximum absolute atomic E-state index is 12.2. The van der Waals surface area contributed by atoms with Crippen LogP contribution < -0.4 is 0 Å². The average molecular weight is 282 g/mol. The maximum Gasteiger partial charge on any atom is 0.428 e. The highest BCUT2D eigenvalue weighted by atomic mass is 19.4. The molecule has 0 aromatic heterocycles.